The highest BCUT2D eigenvalue weighted by Gasteiger charge is 2.33. The average Bonchev–Trinajstić information content (AvgIpc) is 3.14. The molecule has 0 bridgehead atoms. The number of nitrogens with zero attached hydrogens (tertiary/aromatic N) is 2. The summed E-state index contributed by atoms with van der Waals surface area (Å²) in [7, 11) is 0. The molecular weight excluding hydrogens is 717 g/mol. The number of rotatable bonds is 17. The topological polar surface area (TPSA) is 162 Å². The molecule has 1 saturated carbocycles. The summed E-state index contributed by atoms with van der Waals surface area (Å²) in [6.45, 7) is 10.2. The van der Waals surface area contributed by atoms with Gasteiger partial charge in [-0.15, -0.1) is 11.8 Å². The molecule has 1 aromatic heterocycles. The third-order valence-electron chi connectivity index (χ3n) is 10.1. The third-order valence-corrected chi connectivity index (χ3v) is 11.1. The number of hydrogen-bond donors (Lipinski definition) is 5. The molecule has 0 spiro atoms. The van der Waals surface area contributed by atoms with E-state index in [4.69, 9.17) is 4.74 Å². The first kappa shape index (κ1) is 43.9. The highest BCUT2D eigenvalue weighted by atomic mass is 32.2. The van der Waals surface area contributed by atoms with E-state index in [1.807, 2.05) is 83.1 Å². The lowest BCUT2D eigenvalue weighted by atomic mass is 9.83. The fourth-order valence-electron chi connectivity index (χ4n) is 7.27. The number of aliphatic hydroxyl groups excluding tert-OH is 1. The van der Waals surface area contributed by atoms with E-state index in [9.17, 15) is 24.3 Å². The lowest BCUT2D eigenvalue weighted by Gasteiger charge is -2.34. The highest BCUT2D eigenvalue weighted by Crippen LogP contribution is 2.29. The van der Waals surface area contributed by atoms with Crippen LogP contribution in [0.2, 0.25) is 0 Å². The number of carbonyl (C=O) groups excluding carboxylic acids is 4. The molecule has 1 aromatic carbocycles. The van der Waals surface area contributed by atoms with Crippen LogP contribution < -0.4 is 21.3 Å². The van der Waals surface area contributed by atoms with Gasteiger partial charge in [0.25, 0.3) is 0 Å². The molecule has 13 heteroatoms. The van der Waals surface area contributed by atoms with Crippen molar-refractivity contribution in [1.29, 1.82) is 0 Å². The molecule has 4 atom stereocenters. The van der Waals surface area contributed by atoms with Crippen LogP contribution in [0.25, 0.3) is 0 Å². The predicted octanol–water partition coefficient (Wildman–Crippen LogP) is 6.22. The van der Waals surface area contributed by atoms with Gasteiger partial charge in [0.15, 0.2) is 0 Å². The molecule has 5 amide bonds. The molecule has 304 valence electrons. The van der Waals surface area contributed by atoms with Crippen molar-refractivity contribution >= 4 is 35.7 Å². The SMILES string of the molecule is CC(C)C[C@H](NC(=O)[C@H](Cc1ccccc1)NC(=O)N1CCC(NC(=O)OC(C)(C)C)CC1)C(=O)N[C@@H](CC1CCCCC1)[C@@H](O)CCSc1ccccn1. The normalized spacial score (nSPS) is 17.8. The summed E-state index contributed by atoms with van der Waals surface area (Å²) in [4.78, 5) is 60.2. The largest absolute Gasteiger partial charge is 0.444 e. The summed E-state index contributed by atoms with van der Waals surface area (Å²) in [5.41, 5.74) is 0.262. The van der Waals surface area contributed by atoms with Gasteiger partial charge in [-0.25, -0.2) is 14.6 Å². The highest BCUT2D eigenvalue weighted by molar-refractivity contribution is 7.99. The summed E-state index contributed by atoms with van der Waals surface area (Å²) < 4.78 is 5.39. The molecule has 2 aromatic rings. The maximum absolute atomic E-state index is 14.1. The summed E-state index contributed by atoms with van der Waals surface area (Å²) in [6, 6.07) is 12.5. The Morgan fingerprint density at radius 2 is 1.56 bits per heavy atom. The van der Waals surface area contributed by atoms with Gasteiger partial charge in [0, 0.05) is 37.5 Å². The van der Waals surface area contributed by atoms with Crippen LogP contribution in [0, 0.1) is 11.8 Å². The molecule has 1 aliphatic heterocycles. The van der Waals surface area contributed by atoms with Crippen molar-refractivity contribution in [1.82, 2.24) is 31.2 Å². The van der Waals surface area contributed by atoms with Crippen molar-refractivity contribution in [2.75, 3.05) is 18.8 Å². The Bertz CT molecular complexity index is 1480. The van der Waals surface area contributed by atoms with Gasteiger partial charge < -0.3 is 36.0 Å². The fraction of sp³-hybridized carbons (Fsp3) is 0.643. The number of hydrogen-bond acceptors (Lipinski definition) is 8. The number of likely N-dealkylation sites (tertiary alicyclic amines) is 1. The van der Waals surface area contributed by atoms with Crippen LogP contribution in [0.5, 0.6) is 0 Å². The van der Waals surface area contributed by atoms with Crippen molar-refractivity contribution in [3.63, 3.8) is 0 Å². The minimum atomic E-state index is -0.942. The fourth-order valence-corrected chi connectivity index (χ4v) is 8.15. The zero-order valence-corrected chi connectivity index (χ0v) is 34.2. The molecule has 0 radical (unpaired) electrons. The number of aliphatic hydroxyl groups is 1. The molecule has 2 aliphatic rings. The average molecular weight is 781 g/mol. The monoisotopic (exact) mass is 780 g/mol. The van der Waals surface area contributed by atoms with E-state index in [0.29, 0.717) is 56.9 Å². The van der Waals surface area contributed by atoms with Crippen LogP contribution in [0.1, 0.15) is 104 Å². The molecule has 12 nitrogen and oxygen atoms in total. The molecule has 0 unspecified atom stereocenters. The number of amides is 5. The second kappa shape index (κ2) is 22.0. The number of ether oxygens (including phenoxy) is 1. The van der Waals surface area contributed by atoms with Gasteiger partial charge in [-0.3, -0.25) is 9.59 Å². The van der Waals surface area contributed by atoms with Crippen LogP contribution in [-0.4, -0.2) is 93.6 Å². The van der Waals surface area contributed by atoms with Gasteiger partial charge in [-0.05, 0) is 82.4 Å². The summed E-state index contributed by atoms with van der Waals surface area (Å²) in [5.74, 6) is 0.378. The minimum absolute atomic E-state index is 0.0882. The van der Waals surface area contributed by atoms with Crippen LogP contribution in [-0.2, 0) is 20.7 Å². The molecule has 4 rings (SSSR count). The van der Waals surface area contributed by atoms with Gasteiger partial charge in [-0.1, -0.05) is 82.3 Å². The van der Waals surface area contributed by atoms with E-state index >= 15 is 0 Å². The number of nitrogens with one attached hydrogen (secondary N) is 4. The van der Waals surface area contributed by atoms with E-state index in [-0.39, 0.29) is 30.3 Å². The smallest absolute Gasteiger partial charge is 0.407 e. The molecular formula is C42H64N6O6S. The van der Waals surface area contributed by atoms with E-state index in [1.54, 1.807) is 22.9 Å². The van der Waals surface area contributed by atoms with Crippen molar-refractivity contribution in [2.45, 2.75) is 146 Å². The maximum atomic E-state index is 14.1. The first-order valence-corrected chi connectivity index (χ1v) is 21.2. The Morgan fingerprint density at radius 3 is 2.20 bits per heavy atom. The van der Waals surface area contributed by atoms with Gasteiger partial charge in [0.1, 0.15) is 17.7 Å². The van der Waals surface area contributed by atoms with E-state index < -0.39 is 41.8 Å². The zero-order chi connectivity index (χ0) is 39.8. The summed E-state index contributed by atoms with van der Waals surface area (Å²) in [6.07, 6.45) is 9.07. The van der Waals surface area contributed by atoms with Gasteiger partial charge in [0.05, 0.1) is 17.2 Å². The van der Waals surface area contributed by atoms with Crippen molar-refractivity contribution in [2.24, 2.45) is 11.8 Å². The van der Waals surface area contributed by atoms with E-state index in [0.717, 1.165) is 36.3 Å². The first-order valence-electron chi connectivity index (χ1n) is 20.2. The minimum Gasteiger partial charge on any atom is -0.444 e. The zero-order valence-electron chi connectivity index (χ0n) is 33.4. The summed E-state index contributed by atoms with van der Waals surface area (Å²) >= 11 is 1.58. The quantitative estimate of drug-likeness (QED) is 0.118. The Labute approximate surface area is 332 Å². The van der Waals surface area contributed by atoms with Crippen molar-refractivity contribution < 1.29 is 29.0 Å². The van der Waals surface area contributed by atoms with E-state index in [2.05, 4.69) is 26.3 Å². The number of carbonyl (C=O) groups is 4. The number of alkyl carbamates (subject to hydrolysis) is 1. The predicted molar refractivity (Wildman–Crippen MR) is 217 cm³/mol. The lowest BCUT2D eigenvalue weighted by Crippen LogP contribution is -2.59. The Balaban J connectivity index is 1.42. The Morgan fingerprint density at radius 1 is 0.891 bits per heavy atom. The molecule has 5 N–H and O–H groups in total. The Hall–Kier alpha value is -3.84. The molecule has 1 aliphatic carbocycles. The second-order valence-electron chi connectivity index (χ2n) is 16.5. The molecule has 2 fully saturated rings. The number of benzene rings is 1. The number of urea groups is 1. The first-order chi connectivity index (χ1) is 26.3. The standard InChI is InChI=1S/C42H64N6O6S/c1-29(2)26-34(38(50)45-33(27-30-14-8-6-9-15-30)36(49)21-25-55-37-18-12-13-22-43-37)46-39(51)35(28-31-16-10-7-11-17-31)47-40(52)48-23-19-32(20-24-48)44-41(53)54-42(3,4)5/h7,10-13,16-18,22,29-30,32-36,49H,6,8-9,14-15,19-21,23-28H2,1-5H3,(H,44,53)(H,45,50)(H,46,51)(H,47,52)/t33-,34-,35-,36-/m0/s1. The van der Waals surface area contributed by atoms with Crippen LogP contribution in [0.3, 0.4) is 0 Å². The number of thioether (sulfide) groups is 1. The molecule has 55 heavy (non-hydrogen) atoms. The second-order valence-corrected chi connectivity index (χ2v) is 17.6. The summed E-state index contributed by atoms with van der Waals surface area (Å²) in [5, 5.41) is 24.4. The van der Waals surface area contributed by atoms with Crippen LogP contribution >= 0.6 is 11.8 Å². The van der Waals surface area contributed by atoms with E-state index in [1.165, 1.54) is 6.42 Å². The van der Waals surface area contributed by atoms with Crippen molar-refractivity contribution in [3.05, 3.63) is 60.3 Å². The van der Waals surface area contributed by atoms with Gasteiger partial charge >= 0.3 is 12.1 Å². The molecule has 2 heterocycles. The molecule has 1 saturated heterocycles. The number of pyridine rings is 1. The van der Waals surface area contributed by atoms with Crippen molar-refractivity contribution in [3.8, 4) is 0 Å². The lowest BCUT2D eigenvalue weighted by molar-refractivity contribution is -0.131. The van der Waals surface area contributed by atoms with Crippen LogP contribution in [0.15, 0.2) is 59.8 Å². The Kier molecular flexibility index (Phi) is 17.6. The number of aromatic nitrogens is 1. The third kappa shape index (κ3) is 16.0. The van der Waals surface area contributed by atoms with Gasteiger partial charge in [-0.2, -0.15) is 0 Å². The number of piperidine rings is 1. The van der Waals surface area contributed by atoms with Gasteiger partial charge in [0.2, 0.25) is 11.8 Å². The maximum Gasteiger partial charge on any atom is 0.407 e. The van der Waals surface area contributed by atoms with Crippen LogP contribution in [0.4, 0.5) is 9.59 Å².